The monoisotopic (exact) mass is 816 g/mol. The Labute approximate surface area is 348 Å². The van der Waals surface area contributed by atoms with Crippen LogP contribution in [0.5, 0.6) is 0 Å². The van der Waals surface area contributed by atoms with Gasteiger partial charge in [-0.1, -0.05) is 199 Å². The highest BCUT2D eigenvalue weighted by Gasteiger charge is 2.28. The average molecular weight is 816 g/mol. The molecule has 334 valence electrons. The van der Waals surface area contributed by atoms with Crippen LogP contribution in [0.1, 0.15) is 232 Å². The molecule has 56 heavy (non-hydrogen) atoms. The molecule has 3 atom stereocenters. The summed E-state index contributed by atoms with van der Waals surface area (Å²) < 4.78 is 23.7. The third kappa shape index (κ3) is 41.4. The number of carbonyl (C=O) groups is 1. The Balaban J connectivity index is 4.29. The molecule has 0 aliphatic rings. The van der Waals surface area contributed by atoms with Crippen LogP contribution < -0.4 is 5.32 Å². The molecule has 0 saturated carbocycles. The Morgan fingerprint density at radius 1 is 0.589 bits per heavy atom. The number of rotatable bonds is 44. The molecule has 0 radical (unpaired) electrons. The Bertz CT molecular complexity index is 927. The number of hydrogen-bond acceptors (Lipinski definition) is 5. The van der Waals surface area contributed by atoms with Crippen LogP contribution in [0.3, 0.4) is 0 Å². The number of phosphoric ester groups is 1. The molecule has 9 heteroatoms. The number of likely N-dealkylation sites (N-methyl/N-ethyl adjacent to an activating group) is 1. The minimum atomic E-state index is -4.31. The van der Waals surface area contributed by atoms with Crippen LogP contribution in [0, 0.1) is 0 Å². The maximum Gasteiger partial charge on any atom is 0.472 e. The molecule has 0 saturated heterocycles. The second kappa shape index (κ2) is 39.7. The Hall–Kier alpha value is -0.760. The number of nitrogens with zero attached hydrogens (tertiary/aromatic N) is 1. The van der Waals surface area contributed by atoms with E-state index in [0.29, 0.717) is 23.9 Å². The van der Waals surface area contributed by atoms with Crippen molar-refractivity contribution < 1.29 is 32.9 Å². The van der Waals surface area contributed by atoms with Crippen molar-refractivity contribution >= 4 is 13.7 Å². The number of aliphatic hydroxyl groups is 1. The molecule has 0 aliphatic heterocycles. The summed E-state index contributed by atoms with van der Waals surface area (Å²) in [6, 6.07) is -0.758. The van der Waals surface area contributed by atoms with Crippen molar-refractivity contribution in [1.82, 2.24) is 5.32 Å². The first-order chi connectivity index (χ1) is 27.0. The number of unbranched alkanes of at least 4 members (excludes halogenated alkanes) is 29. The molecular weight excluding hydrogens is 719 g/mol. The van der Waals surface area contributed by atoms with Crippen LogP contribution in [0.25, 0.3) is 0 Å². The lowest BCUT2D eigenvalue weighted by molar-refractivity contribution is -0.870. The third-order valence-corrected chi connectivity index (χ3v) is 12.0. The highest BCUT2D eigenvalue weighted by molar-refractivity contribution is 7.47. The second-order valence-corrected chi connectivity index (χ2v) is 19.3. The number of amides is 1. The van der Waals surface area contributed by atoms with E-state index in [1.54, 1.807) is 0 Å². The normalized spacial score (nSPS) is 14.3. The highest BCUT2D eigenvalue weighted by Crippen LogP contribution is 2.43. The molecular formula is C47H96N2O6P+. The van der Waals surface area contributed by atoms with E-state index in [4.69, 9.17) is 9.05 Å². The van der Waals surface area contributed by atoms with Crippen molar-refractivity contribution in [2.75, 3.05) is 40.9 Å². The second-order valence-electron chi connectivity index (χ2n) is 17.8. The number of phosphoric acid groups is 1. The van der Waals surface area contributed by atoms with E-state index >= 15 is 0 Å². The van der Waals surface area contributed by atoms with Gasteiger partial charge < -0.3 is 19.8 Å². The van der Waals surface area contributed by atoms with Crippen LogP contribution >= 0.6 is 7.82 Å². The summed E-state index contributed by atoms with van der Waals surface area (Å²) in [5, 5.41) is 14.0. The molecule has 0 fully saturated rings. The minimum absolute atomic E-state index is 0.0758. The standard InChI is InChI=1S/C47H95N2O6P/c1-6-8-10-12-14-16-18-20-22-23-24-25-27-29-31-33-35-37-39-41-47(51)48-45(44-55-56(52,53)54-43-42-49(3,4)5)46(50)40-38-36-34-32-30-28-26-21-19-17-15-13-11-9-7-2/h23-24,45-46,50H,6-22,25-44H2,1-5H3,(H-,48,51,52,53)/p+1/b24-23-. The Morgan fingerprint density at radius 2 is 0.964 bits per heavy atom. The van der Waals surface area contributed by atoms with E-state index in [1.165, 1.54) is 167 Å². The zero-order valence-corrected chi connectivity index (χ0v) is 38.8. The quantitative estimate of drug-likeness (QED) is 0.0245. The molecule has 0 aromatic heterocycles. The zero-order valence-electron chi connectivity index (χ0n) is 37.9. The molecule has 0 heterocycles. The van der Waals surface area contributed by atoms with Gasteiger partial charge in [0, 0.05) is 6.42 Å². The third-order valence-electron chi connectivity index (χ3n) is 11.0. The lowest BCUT2D eigenvalue weighted by atomic mass is 10.0. The fraction of sp³-hybridized carbons (Fsp3) is 0.936. The highest BCUT2D eigenvalue weighted by atomic mass is 31.2. The molecule has 8 nitrogen and oxygen atoms in total. The van der Waals surface area contributed by atoms with Gasteiger partial charge in [-0.05, 0) is 38.5 Å². The number of carbonyl (C=O) groups excluding carboxylic acids is 1. The van der Waals surface area contributed by atoms with Gasteiger partial charge >= 0.3 is 7.82 Å². The first-order valence-corrected chi connectivity index (χ1v) is 25.5. The lowest BCUT2D eigenvalue weighted by Gasteiger charge is -2.26. The fourth-order valence-corrected chi connectivity index (χ4v) is 7.89. The van der Waals surface area contributed by atoms with E-state index in [1.807, 2.05) is 21.1 Å². The van der Waals surface area contributed by atoms with Gasteiger partial charge in [-0.3, -0.25) is 13.8 Å². The summed E-state index contributed by atoms with van der Waals surface area (Å²) in [7, 11) is 1.62. The van der Waals surface area contributed by atoms with Gasteiger partial charge in [0.25, 0.3) is 0 Å². The van der Waals surface area contributed by atoms with Crippen LogP contribution in [-0.2, 0) is 18.4 Å². The van der Waals surface area contributed by atoms with Crippen molar-refractivity contribution in [3.05, 3.63) is 12.2 Å². The Kier molecular flexibility index (Phi) is 39.1. The molecule has 3 N–H and O–H groups in total. The zero-order chi connectivity index (χ0) is 41.4. The number of quaternary nitrogens is 1. The van der Waals surface area contributed by atoms with E-state index in [0.717, 1.165) is 38.5 Å². The number of allylic oxidation sites excluding steroid dienone is 2. The van der Waals surface area contributed by atoms with Crippen LogP contribution in [0.15, 0.2) is 12.2 Å². The van der Waals surface area contributed by atoms with E-state index in [2.05, 4.69) is 31.3 Å². The average Bonchev–Trinajstić information content (AvgIpc) is 3.15. The molecule has 0 aromatic rings. The van der Waals surface area contributed by atoms with Crippen molar-refractivity contribution in [2.45, 2.75) is 244 Å². The SMILES string of the molecule is CCCCCCCCCC/C=C\CCCCCCCCCC(=O)NC(COP(=O)(O)OCC[N+](C)(C)C)C(O)CCCCCCCCCCCCCCCCC. The van der Waals surface area contributed by atoms with Crippen LogP contribution in [0.4, 0.5) is 0 Å². The lowest BCUT2D eigenvalue weighted by Crippen LogP contribution is -2.46. The molecule has 0 aliphatic carbocycles. The van der Waals surface area contributed by atoms with Crippen molar-refractivity contribution in [2.24, 2.45) is 0 Å². The van der Waals surface area contributed by atoms with E-state index in [9.17, 15) is 19.4 Å². The van der Waals surface area contributed by atoms with Gasteiger partial charge in [0.05, 0.1) is 39.9 Å². The molecule has 3 unspecified atom stereocenters. The van der Waals surface area contributed by atoms with Crippen LogP contribution in [0.2, 0.25) is 0 Å². The van der Waals surface area contributed by atoms with Gasteiger partial charge in [-0.2, -0.15) is 0 Å². The van der Waals surface area contributed by atoms with Crippen molar-refractivity contribution in [3.63, 3.8) is 0 Å². The Morgan fingerprint density at radius 3 is 1.38 bits per heavy atom. The summed E-state index contributed by atoms with van der Waals surface area (Å²) in [4.78, 5) is 23.2. The number of aliphatic hydroxyl groups excluding tert-OH is 1. The topological polar surface area (TPSA) is 105 Å². The van der Waals surface area contributed by atoms with Gasteiger partial charge in [-0.25, -0.2) is 4.57 Å². The predicted molar refractivity (Wildman–Crippen MR) is 240 cm³/mol. The first kappa shape index (κ1) is 55.2. The smallest absolute Gasteiger partial charge is 0.391 e. The predicted octanol–water partition coefficient (Wildman–Crippen LogP) is 13.5. The maximum absolute atomic E-state index is 12.9. The molecule has 0 aromatic carbocycles. The van der Waals surface area contributed by atoms with E-state index in [-0.39, 0.29) is 19.1 Å². The first-order valence-electron chi connectivity index (χ1n) is 24.1. The molecule has 0 rings (SSSR count). The van der Waals surface area contributed by atoms with Gasteiger partial charge in [0.2, 0.25) is 5.91 Å². The van der Waals surface area contributed by atoms with Crippen molar-refractivity contribution in [3.8, 4) is 0 Å². The van der Waals surface area contributed by atoms with Gasteiger partial charge in [-0.15, -0.1) is 0 Å². The maximum atomic E-state index is 12.9. The molecule has 0 bridgehead atoms. The number of hydrogen-bond donors (Lipinski definition) is 3. The molecule has 1 amide bonds. The van der Waals surface area contributed by atoms with Gasteiger partial charge in [0.15, 0.2) is 0 Å². The van der Waals surface area contributed by atoms with Crippen LogP contribution in [-0.4, -0.2) is 73.4 Å². The summed E-state index contributed by atoms with van der Waals surface area (Å²) in [5.41, 5.74) is 0. The van der Waals surface area contributed by atoms with Gasteiger partial charge in [0.1, 0.15) is 13.2 Å². The minimum Gasteiger partial charge on any atom is -0.391 e. The summed E-state index contributed by atoms with van der Waals surface area (Å²) in [6.45, 7) is 4.90. The van der Waals surface area contributed by atoms with Crippen molar-refractivity contribution in [1.29, 1.82) is 0 Å². The van der Waals surface area contributed by atoms with E-state index < -0.39 is 20.0 Å². The number of nitrogens with one attached hydrogen (secondary N) is 1. The summed E-state index contributed by atoms with van der Waals surface area (Å²) in [6.07, 6.45) is 45.2. The fourth-order valence-electron chi connectivity index (χ4n) is 7.16. The molecule has 0 spiro atoms. The summed E-state index contributed by atoms with van der Waals surface area (Å²) in [5.74, 6) is -0.147. The largest absolute Gasteiger partial charge is 0.472 e. The summed E-state index contributed by atoms with van der Waals surface area (Å²) >= 11 is 0.